The van der Waals surface area contributed by atoms with Crippen molar-refractivity contribution in [3.05, 3.63) is 16.3 Å². The second-order valence-corrected chi connectivity index (χ2v) is 5.00. The highest BCUT2D eigenvalue weighted by molar-refractivity contribution is 5.56. The summed E-state index contributed by atoms with van der Waals surface area (Å²) in [5, 5.41) is 18.7. The smallest absolute Gasteiger partial charge is 0.330 e. The third-order valence-electron chi connectivity index (χ3n) is 3.61. The average molecular weight is 267 g/mol. The van der Waals surface area contributed by atoms with E-state index in [1.807, 2.05) is 11.8 Å². The minimum atomic E-state index is -0.354. The van der Waals surface area contributed by atoms with E-state index in [-0.39, 0.29) is 10.6 Å². The molecule has 106 valence electrons. The molecule has 2 heterocycles. The van der Waals surface area contributed by atoms with Crippen LogP contribution in [0.5, 0.6) is 0 Å². The first kappa shape index (κ1) is 13.8. The van der Waals surface area contributed by atoms with Gasteiger partial charge in [-0.05, 0) is 38.8 Å². The van der Waals surface area contributed by atoms with Crippen molar-refractivity contribution in [2.45, 2.75) is 19.8 Å². The molecular weight excluding hydrogens is 246 g/mol. The van der Waals surface area contributed by atoms with Crippen LogP contribution < -0.4 is 10.2 Å². The van der Waals surface area contributed by atoms with Crippen LogP contribution in [0.4, 0.5) is 11.5 Å². The number of hydrogen-bond acceptors (Lipinski definition) is 5. The highest BCUT2D eigenvalue weighted by Gasteiger charge is 2.25. The molecule has 0 unspecified atom stereocenters. The number of nitrogens with zero attached hydrogens (tertiary/aromatic N) is 4. The van der Waals surface area contributed by atoms with Crippen LogP contribution in [0.25, 0.3) is 0 Å². The van der Waals surface area contributed by atoms with E-state index in [4.69, 9.17) is 0 Å². The summed E-state index contributed by atoms with van der Waals surface area (Å²) in [6, 6.07) is 0. The summed E-state index contributed by atoms with van der Waals surface area (Å²) in [5.41, 5.74) is 0.0956. The molecule has 0 radical (unpaired) electrons. The lowest BCUT2D eigenvalue weighted by Crippen LogP contribution is -2.36. The van der Waals surface area contributed by atoms with Gasteiger partial charge in [0.25, 0.3) is 0 Å². The van der Waals surface area contributed by atoms with Crippen LogP contribution in [0.2, 0.25) is 0 Å². The molecule has 0 aliphatic carbocycles. The van der Waals surface area contributed by atoms with Gasteiger partial charge in [-0.2, -0.15) is 0 Å². The van der Waals surface area contributed by atoms with E-state index < -0.39 is 0 Å². The van der Waals surface area contributed by atoms with Crippen molar-refractivity contribution in [1.82, 2.24) is 15.1 Å². The second-order valence-electron chi connectivity index (χ2n) is 5.00. The fourth-order valence-corrected chi connectivity index (χ4v) is 2.56. The Morgan fingerprint density at radius 2 is 2.26 bits per heavy atom. The van der Waals surface area contributed by atoms with Gasteiger partial charge in [0, 0.05) is 20.1 Å². The van der Waals surface area contributed by atoms with Gasteiger partial charge in [0.2, 0.25) is 5.82 Å². The Balaban J connectivity index is 2.14. The number of anilines is 1. The van der Waals surface area contributed by atoms with E-state index in [0.717, 1.165) is 39.0 Å². The van der Waals surface area contributed by atoms with Crippen molar-refractivity contribution in [2.24, 2.45) is 13.0 Å². The zero-order valence-corrected chi connectivity index (χ0v) is 11.5. The third kappa shape index (κ3) is 3.23. The van der Waals surface area contributed by atoms with Crippen LogP contribution in [-0.2, 0) is 7.05 Å². The summed E-state index contributed by atoms with van der Waals surface area (Å²) >= 11 is 0. The molecule has 1 aliphatic heterocycles. The molecule has 7 nitrogen and oxygen atoms in total. The number of nitrogens with one attached hydrogen (secondary N) is 1. The molecule has 1 N–H and O–H groups in total. The van der Waals surface area contributed by atoms with Gasteiger partial charge in [-0.15, -0.1) is 5.10 Å². The van der Waals surface area contributed by atoms with Gasteiger partial charge in [0.1, 0.15) is 6.20 Å². The van der Waals surface area contributed by atoms with E-state index >= 15 is 0 Å². The zero-order chi connectivity index (χ0) is 13.8. The fourth-order valence-electron chi connectivity index (χ4n) is 2.56. The van der Waals surface area contributed by atoms with Gasteiger partial charge < -0.3 is 10.2 Å². The highest BCUT2D eigenvalue weighted by atomic mass is 16.6. The van der Waals surface area contributed by atoms with Crippen LogP contribution in [0, 0.1) is 16.0 Å². The normalized spacial score (nSPS) is 16.5. The predicted molar refractivity (Wildman–Crippen MR) is 73.3 cm³/mol. The maximum atomic E-state index is 11.1. The van der Waals surface area contributed by atoms with Crippen LogP contribution in [0.1, 0.15) is 19.8 Å². The first-order valence-corrected chi connectivity index (χ1v) is 6.75. The molecule has 0 spiro atoms. The molecule has 0 atom stereocenters. The van der Waals surface area contributed by atoms with Crippen LogP contribution in [0.3, 0.4) is 0 Å². The minimum absolute atomic E-state index is 0.0956. The lowest BCUT2D eigenvalue weighted by molar-refractivity contribution is -0.384. The Kier molecular flexibility index (Phi) is 4.36. The summed E-state index contributed by atoms with van der Waals surface area (Å²) in [4.78, 5) is 12.7. The quantitative estimate of drug-likeness (QED) is 0.640. The summed E-state index contributed by atoms with van der Waals surface area (Å²) in [6.07, 6.45) is 3.72. The summed E-state index contributed by atoms with van der Waals surface area (Å²) < 4.78 is 1.51. The van der Waals surface area contributed by atoms with Crippen LogP contribution in [-0.4, -0.2) is 40.9 Å². The van der Waals surface area contributed by atoms with Gasteiger partial charge in [-0.25, -0.2) is 0 Å². The Bertz CT molecular complexity index is 439. The molecule has 19 heavy (non-hydrogen) atoms. The van der Waals surface area contributed by atoms with Crippen molar-refractivity contribution in [1.29, 1.82) is 0 Å². The lowest BCUT2D eigenvalue weighted by Gasteiger charge is -2.29. The molecule has 1 aromatic rings. The van der Waals surface area contributed by atoms with Gasteiger partial charge in [-0.1, -0.05) is 0 Å². The van der Waals surface area contributed by atoms with Gasteiger partial charge in [0.05, 0.1) is 4.92 Å². The topological polar surface area (TPSA) is 76.2 Å². The fraction of sp³-hybridized carbons (Fsp3) is 0.750. The number of nitro groups is 1. The van der Waals surface area contributed by atoms with Gasteiger partial charge in [0.15, 0.2) is 0 Å². The van der Waals surface area contributed by atoms with Gasteiger partial charge in [-0.3, -0.25) is 14.8 Å². The summed E-state index contributed by atoms with van der Waals surface area (Å²) in [6.45, 7) is 5.66. The van der Waals surface area contributed by atoms with Crippen molar-refractivity contribution < 1.29 is 4.92 Å². The Morgan fingerprint density at radius 3 is 2.84 bits per heavy atom. The van der Waals surface area contributed by atoms with Crippen molar-refractivity contribution >= 4 is 11.5 Å². The Morgan fingerprint density at radius 1 is 1.58 bits per heavy atom. The maximum absolute atomic E-state index is 11.1. The molecule has 1 aromatic heterocycles. The molecule has 0 bridgehead atoms. The lowest BCUT2D eigenvalue weighted by atomic mass is 9.97. The molecule has 0 amide bonds. The number of aromatic nitrogens is 2. The monoisotopic (exact) mass is 267 g/mol. The van der Waals surface area contributed by atoms with Crippen molar-refractivity contribution in [3.8, 4) is 0 Å². The minimum Gasteiger partial charge on any atom is -0.349 e. The number of aryl methyl sites for hydroxylation is 1. The molecule has 7 heteroatoms. The van der Waals surface area contributed by atoms with E-state index in [1.54, 1.807) is 7.05 Å². The number of piperidine rings is 1. The van der Waals surface area contributed by atoms with E-state index in [2.05, 4.69) is 10.4 Å². The molecule has 1 aliphatic rings. The second kappa shape index (κ2) is 6.01. The predicted octanol–water partition coefficient (Wildman–Crippen LogP) is 1.15. The first-order valence-electron chi connectivity index (χ1n) is 6.75. The average Bonchev–Trinajstić information content (AvgIpc) is 2.79. The van der Waals surface area contributed by atoms with Crippen molar-refractivity contribution in [2.75, 3.05) is 31.1 Å². The van der Waals surface area contributed by atoms with E-state index in [9.17, 15) is 10.1 Å². The molecule has 0 aromatic carbocycles. The summed E-state index contributed by atoms with van der Waals surface area (Å²) in [7, 11) is 1.72. The Labute approximate surface area is 112 Å². The maximum Gasteiger partial charge on any atom is 0.330 e. The van der Waals surface area contributed by atoms with Crippen LogP contribution >= 0.6 is 0 Å². The summed E-state index contributed by atoms with van der Waals surface area (Å²) in [5.74, 6) is 1.08. The number of hydrogen-bond donors (Lipinski definition) is 1. The standard InChI is InChI=1S/C12H21N5O2/c1-3-16(8-10-4-6-13-7-5-10)12-11(17(18)19)9-15(2)14-12/h9-10,13H,3-8H2,1-2H3. The highest BCUT2D eigenvalue weighted by Crippen LogP contribution is 2.27. The SMILES string of the molecule is CCN(CC1CCNCC1)c1nn(C)cc1[N+](=O)[O-]. The third-order valence-corrected chi connectivity index (χ3v) is 3.61. The molecular formula is C12H21N5O2. The molecule has 1 fully saturated rings. The number of rotatable bonds is 5. The largest absolute Gasteiger partial charge is 0.349 e. The van der Waals surface area contributed by atoms with E-state index in [1.165, 1.54) is 10.9 Å². The van der Waals surface area contributed by atoms with E-state index in [0.29, 0.717) is 11.7 Å². The molecule has 0 saturated carbocycles. The Hall–Kier alpha value is -1.63. The van der Waals surface area contributed by atoms with Crippen LogP contribution in [0.15, 0.2) is 6.20 Å². The molecule has 1 saturated heterocycles. The zero-order valence-electron chi connectivity index (χ0n) is 11.5. The van der Waals surface area contributed by atoms with Crippen molar-refractivity contribution in [3.63, 3.8) is 0 Å². The first-order chi connectivity index (χ1) is 9.11. The van der Waals surface area contributed by atoms with Gasteiger partial charge >= 0.3 is 5.69 Å². The molecule has 2 rings (SSSR count).